The molecule has 1 saturated heterocycles. The summed E-state index contributed by atoms with van der Waals surface area (Å²) in [5.41, 5.74) is 1.75. The first-order chi connectivity index (χ1) is 19.3. The topological polar surface area (TPSA) is 85.8 Å². The maximum absolute atomic E-state index is 14.0. The predicted molar refractivity (Wildman–Crippen MR) is 157 cm³/mol. The molecular weight excluding hydrogens is 549 g/mol. The molecule has 0 spiro atoms. The number of aromatic nitrogens is 1. The largest absolute Gasteiger partial charge is 0.351 e. The number of benzene rings is 3. The average Bonchev–Trinajstić information content (AvgIpc) is 3.42. The minimum absolute atomic E-state index is 0.163. The van der Waals surface area contributed by atoms with Crippen LogP contribution in [-0.4, -0.2) is 74.3 Å². The maximum Gasteiger partial charge on any atom is 0.251 e. The number of halogens is 1. The first kappa shape index (κ1) is 28.2. The third-order valence-electron chi connectivity index (χ3n) is 7.02. The van der Waals surface area contributed by atoms with Crippen molar-refractivity contribution in [2.75, 3.05) is 50.7 Å². The number of nitrogens with one attached hydrogen (secondary N) is 1. The van der Waals surface area contributed by atoms with Crippen LogP contribution in [0.4, 0.5) is 9.52 Å². The Balaban J connectivity index is 1.10. The molecule has 1 amide bonds. The molecule has 2 heterocycles. The lowest BCUT2D eigenvalue weighted by molar-refractivity contribution is 0.0947. The molecular formula is C29H32FN5O3S2. The lowest BCUT2D eigenvalue weighted by Crippen LogP contribution is -2.48. The smallest absolute Gasteiger partial charge is 0.251 e. The summed E-state index contributed by atoms with van der Waals surface area (Å²) in [5, 5.41) is 3.77. The number of piperazine rings is 1. The molecule has 1 N–H and O–H groups in total. The highest BCUT2D eigenvalue weighted by molar-refractivity contribution is 7.89. The molecule has 0 radical (unpaired) electrons. The Hall–Kier alpha value is -3.38. The lowest BCUT2D eigenvalue weighted by atomic mass is 10.2. The zero-order valence-electron chi connectivity index (χ0n) is 22.3. The summed E-state index contributed by atoms with van der Waals surface area (Å²) >= 11 is 1.50. The van der Waals surface area contributed by atoms with Crippen LogP contribution in [0.1, 0.15) is 22.8 Å². The summed E-state index contributed by atoms with van der Waals surface area (Å²) in [7, 11) is -3.69. The molecule has 1 aliphatic rings. The van der Waals surface area contributed by atoms with Crippen molar-refractivity contribution in [3.63, 3.8) is 0 Å². The van der Waals surface area contributed by atoms with Crippen molar-refractivity contribution in [3.05, 3.63) is 89.7 Å². The van der Waals surface area contributed by atoms with Gasteiger partial charge in [-0.15, -0.1) is 0 Å². The Bertz CT molecular complexity index is 1550. The molecule has 0 aliphatic carbocycles. The molecule has 1 fully saturated rings. The van der Waals surface area contributed by atoms with E-state index in [-0.39, 0.29) is 23.2 Å². The highest BCUT2D eigenvalue weighted by atomic mass is 32.2. The normalized spacial score (nSPS) is 14.6. The number of hydrogen-bond donors (Lipinski definition) is 1. The number of amides is 1. The van der Waals surface area contributed by atoms with Gasteiger partial charge in [0.25, 0.3) is 5.91 Å². The van der Waals surface area contributed by atoms with Gasteiger partial charge in [0.05, 0.1) is 9.60 Å². The minimum atomic E-state index is -3.69. The van der Waals surface area contributed by atoms with Gasteiger partial charge in [-0.2, -0.15) is 4.31 Å². The molecule has 0 atom stereocenters. The summed E-state index contributed by atoms with van der Waals surface area (Å²) in [6.07, 6.45) is 0. The van der Waals surface area contributed by atoms with Gasteiger partial charge in [-0.1, -0.05) is 54.7 Å². The standard InChI is InChI=1S/C29H32FN5O3S2/c1-2-35(21-22-7-4-3-5-8-22)40(37,38)24-13-11-23(12-14-24)28(36)31-15-16-33-17-19-34(20-18-33)29-32-27-25(30)9-6-10-26(27)39-29/h3-14H,2,15-21H2,1H3,(H,31,36). The SMILES string of the molecule is CCN(Cc1ccccc1)S(=O)(=O)c1ccc(C(=O)NCCN2CCN(c3nc4c(F)cccc4s3)CC2)cc1. The van der Waals surface area contributed by atoms with Gasteiger partial charge in [-0.25, -0.2) is 17.8 Å². The molecule has 1 aromatic heterocycles. The Morgan fingerprint density at radius 1 is 1.00 bits per heavy atom. The fourth-order valence-corrected chi connectivity index (χ4v) is 7.18. The first-order valence-electron chi connectivity index (χ1n) is 13.3. The number of fused-ring (bicyclic) bond motifs is 1. The van der Waals surface area contributed by atoms with Crippen molar-refractivity contribution in [2.45, 2.75) is 18.4 Å². The van der Waals surface area contributed by atoms with Crippen LogP contribution in [0.25, 0.3) is 10.2 Å². The van der Waals surface area contributed by atoms with E-state index in [1.165, 1.54) is 33.8 Å². The van der Waals surface area contributed by atoms with Gasteiger partial charge in [0.1, 0.15) is 11.3 Å². The van der Waals surface area contributed by atoms with E-state index in [2.05, 4.69) is 20.1 Å². The number of carbonyl (C=O) groups excluding carboxylic acids is 1. The first-order valence-corrected chi connectivity index (χ1v) is 15.6. The van der Waals surface area contributed by atoms with Crippen LogP contribution >= 0.6 is 11.3 Å². The molecule has 1 aliphatic heterocycles. The minimum Gasteiger partial charge on any atom is -0.351 e. The maximum atomic E-state index is 14.0. The van der Waals surface area contributed by atoms with E-state index in [4.69, 9.17) is 0 Å². The summed E-state index contributed by atoms with van der Waals surface area (Å²) < 4.78 is 42.6. The van der Waals surface area contributed by atoms with Gasteiger partial charge < -0.3 is 10.2 Å². The second kappa shape index (κ2) is 12.4. The zero-order chi connectivity index (χ0) is 28.1. The van der Waals surface area contributed by atoms with Crippen LogP contribution < -0.4 is 10.2 Å². The van der Waals surface area contributed by atoms with Gasteiger partial charge in [-0.3, -0.25) is 9.69 Å². The third-order valence-corrected chi connectivity index (χ3v) is 10.0. The van der Waals surface area contributed by atoms with E-state index in [1.807, 2.05) is 43.3 Å². The van der Waals surface area contributed by atoms with Gasteiger partial charge in [0.2, 0.25) is 10.0 Å². The molecule has 0 bridgehead atoms. The molecule has 8 nitrogen and oxygen atoms in total. The van der Waals surface area contributed by atoms with Crippen molar-refractivity contribution < 1.29 is 17.6 Å². The van der Waals surface area contributed by atoms with E-state index in [0.29, 0.717) is 30.7 Å². The highest BCUT2D eigenvalue weighted by Gasteiger charge is 2.24. The molecule has 3 aromatic carbocycles. The number of rotatable bonds is 10. The summed E-state index contributed by atoms with van der Waals surface area (Å²) in [6.45, 7) is 6.81. The zero-order valence-corrected chi connectivity index (χ0v) is 23.9. The van der Waals surface area contributed by atoms with E-state index < -0.39 is 10.0 Å². The molecule has 210 valence electrons. The number of nitrogens with zero attached hydrogens (tertiary/aromatic N) is 4. The van der Waals surface area contributed by atoms with Crippen molar-refractivity contribution in [3.8, 4) is 0 Å². The number of hydrogen-bond acceptors (Lipinski definition) is 7. The highest BCUT2D eigenvalue weighted by Crippen LogP contribution is 2.30. The number of anilines is 1. The second-order valence-corrected chi connectivity index (χ2v) is 12.6. The van der Waals surface area contributed by atoms with Gasteiger partial charge in [0, 0.05) is 57.9 Å². The van der Waals surface area contributed by atoms with Crippen LogP contribution in [0.3, 0.4) is 0 Å². The van der Waals surface area contributed by atoms with E-state index >= 15 is 0 Å². The van der Waals surface area contributed by atoms with Gasteiger partial charge >= 0.3 is 0 Å². The predicted octanol–water partition coefficient (Wildman–Crippen LogP) is 4.20. The third kappa shape index (κ3) is 6.33. The van der Waals surface area contributed by atoms with Gasteiger partial charge in [0.15, 0.2) is 5.13 Å². The number of para-hydroxylation sites is 1. The van der Waals surface area contributed by atoms with Crippen molar-refractivity contribution in [1.82, 2.24) is 19.5 Å². The molecule has 5 rings (SSSR count). The molecule has 4 aromatic rings. The quantitative estimate of drug-likeness (QED) is 0.302. The summed E-state index contributed by atoms with van der Waals surface area (Å²) in [6, 6.07) is 20.6. The van der Waals surface area contributed by atoms with Crippen LogP contribution in [0.2, 0.25) is 0 Å². The van der Waals surface area contributed by atoms with E-state index in [0.717, 1.165) is 41.6 Å². The van der Waals surface area contributed by atoms with Crippen LogP contribution in [0, 0.1) is 5.82 Å². The van der Waals surface area contributed by atoms with Crippen molar-refractivity contribution >= 4 is 42.6 Å². The van der Waals surface area contributed by atoms with Crippen LogP contribution in [-0.2, 0) is 16.6 Å². The molecule has 11 heteroatoms. The van der Waals surface area contributed by atoms with Crippen molar-refractivity contribution in [2.24, 2.45) is 0 Å². The average molecular weight is 582 g/mol. The molecule has 0 unspecified atom stereocenters. The van der Waals surface area contributed by atoms with Crippen LogP contribution in [0.15, 0.2) is 77.7 Å². The number of carbonyl (C=O) groups is 1. The van der Waals surface area contributed by atoms with Gasteiger partial charge in [-0.05, 0) is 42.0 Å². The Kier molecular flexibility index (Phi) is 8.75. The molecule has 0 saturated carbocycles. The monoisotopic (exact) mass is 581 g/mol. The van der Waals surface area contributed by atoms with E-state index in [1.54, 1.807) is 18.2 Å². The second-order valence-electron chi connectivity index (χ2n) is 9.61. The fraction of sp³-hybridized carbons (Fsp3) is 0.310. The van der Waals surface area contributed by atoms with Crippen LogP contribution in [0.5, 0.6) is 0 Å². The lowest BCUT2D eigenvalue weighted by Gasteiger charge is -2.34. The molecule has 40 heavy (non-hydrogen) atoms. The number of thiazole rings is 1. The summed E-state index contributed by atoms with van der Waals surface area (Å²) in [5.74, 6) is -0.535. The Morgan fingerprint density at radius 2 is 1.73 bits per heavy atom. The Morgan fingerprint density at radius 3 is 2.40 bits per heavy atom. The fourth-order valence-electron chi connectivity index (χ4n) is 4.71. The number of sulfonamides is 1. The Labute approximate surface area is 238 Å². The van der Waals surface area contributed by atoms with E-state index in [9.17, 15) is 17.6 Å². The summed E-state index contributed by atoms with van der Waals surface area (Å²) in [4.78, 5) is 21.8. The van der Waals surface area contributed by atoms with Crippen molar-refractivity contribution in [1.29, 1.82) is 0 Å².